The van der Waals surface area contributed by atoms with Crippen molar-refractivity contribution in [3.63, 3.8) is 0 Å². The SMILES string of the molecule is Brc1ccccc1C=NNc1nc(Nc2ccccc2)nc(Nc2ccccc2)n1. The lowest BCUT2D eigenvalue weighted by Crippen LogP contribution is -2.07. The summed E-state index contributed by atoms with van der Waals surface area (Å²) in [6.45, 7) is 0. The molecule has 0 bridgehead atoms. The molecule has 0 saturated carbocycles. The first kappa shape index (κ1) is 19.5. The maximum atomic E-state index is 4.46. The van der Waals surface area contributed by atoms with Gasteiger partial charge in [-0.2, -0.15) is 20.1 Å². The number of nitrogens with one attached hydrogen (secondary N) is 3. The Hall–Kier alpha value is -3.78. The van der Waals surface area contributed by atoms with Gasteiger partial charge in [0, 0.05) is 21.4 Å². The summed E-state index contributed by atoms with van der Waals surface area (Å²) >= 11 is 3.50. The molecule has 3 N–H and O–H groups in total. The summed E-state index contributed by atoms with van der Waals surface area (Å²) in [6, 6.07) is 27.2. The number of benzene rings is 3. The van der Waals surface area contributed by atoms with Crippen LogP contribution in [0.25, 0.3) is 0 Å². The predicted octanol–water partition coefficient (Wildman–Crippen LogP) is 5.57. The van der Waals surface area contributed by atoms with Gasteiger partial charge < -0.3 is 10.6 Å². The molecule has 0 amide bonds. The average molecular weight is 460 g/mol. The number of hydrogen-bond acceptors (Lipinski definition) is 7. The zero-order valence-corrected chi connectivity index (χ0v) is 17.4. The van der Waals surface area contributed by atoms with E-state index in [1.807, 2.05) is 84.9 Å². The first-order chi connectivity index (χ1) is 14.8. The highest BCUT2D eigenvalue weighted by atomic mass is 79.9. The summed E-state index contributed by atoms with van der Waals surface area (Å²) in [6.07, 6.45) is 1.70. The number of hydrogen-bond donors (Lipinski definition) is 3. The minimum Gasteiger partial charge on any atom is -0.324 e. The third-order valence-corrected chi connectivity index (χ3v) is 4.69. The molecule has 8 heteroatoms. The van der Waals surface area contributed by atoms with Gasteiger partial charge in [-0.15, -0.1) is 0 Å². The maximum absolute atomic E-state index is 4.46. The lowest BCUT2D eigenvalue weighted by molar-refractivity contribution is 1.04. The Morgan fingerprint density at radius 3 is 1.70 bits per heavy atom. The molecule has 0 spiro atoms. The molecule has 1 aromatic heterocycles. The van der Waals surface area contributed by atoms with Crippen LogP contribution in [-0.2, 0) is 0 Å². The number of halogens is 1. The molecule has 30 heavy (non-hydrogen) atoms. The largest absolute Gasteiger partial charge is 0.324 e. The Balaban J connectivity index is 1.58. The fourth-order valence-electron chi connectivity index (χ4n) is 2.58. The van der Waals surface area contributed by atoms with E-state index in [0.29, 0.717) is 17.8 Å². The van der Waals surface area contributed by atoms with Crippen LogP contribution in [0, 0.1) is 0 Å². The van der Waals surface area contributed by atoms with Crippen molar-refractivity contribution in [1.82, 2.24) is 15.0 Å². The zero-order valence-electron chi connectivity index (χ0n) is 15.8. The van der Waals surface area contributed by atoms with Crippen molar-refractivity contribution >= 4 is 51.4 Å². The van der Waals surface area contributed by atoms with Crippen LogP contribution in [0.1, 0.15) is 5.56 Å². The normalized spacial score (nSPS) is 10.7. The second kappa shape index (κ2) is 9.62. The summed E-state index contributed by atoms with van der Waals surface area (Å²) in [5.41, 5.74) is 5.56. The van der Waals surface area contributed by atoms with Crippen LogP contribution >= 0.6 is 15.9 Å². The molecule has 0 aliphatic heterocycles. The molecule has 0 aliphatic carbocycles. The fourth-order valence-corrected chi connectivity index (χ4v) is 2.97. The first-order valence-electron chi connectivity index (χ1n) is 9.20. The van der Waals surface area contributed by atoms with E-state index >= 15 is 0 Å². The van der Waals surface area contributed by atoms with Crippen LogP contribution < -0.4 is 16.1 Å². The minimum atomic E-state index is 0.310. The summed E-state index contributed by atoms with van der Waals surface area (Å²) in [5.74, 6) is 1.10. The van der Waals surface area contributed by atoms with Gasteiger partial charge in [0.2, 0.25) is 17.8 Å². The molecule has 0 atom stereocenters. The number of para-hydroxylation sites is 2. The lowest BCUT2D eigenvalue weighted by atomic mass is 10.2. The van der Waals surface area contributed by atoms with E-state index < -0.39 is 0 Å². The van der Waals surface area contributed by atoms with Gasteiger partial charge in [-0.05, 0) is 30.3 Å². The van der Waals surface area contributed by atoms with Crippen LogP contribution in [-0.4, -0.2) is 21.2 Å². The van der Waals surface area contributed by atoms with Gasteiger partial charge in [0.25, 0.3) is 0 Å². The highest BCUT2D eigenvalue weighted by Crippen LogP contribution is 2.18. The van der Waals surface area contributed by atoms with Gasteiger partial charge in [-0.1, -0.05) is 70.5 Å². The van der Waals surface area contributed by atoms with E-state index in [4.69, 9.17) is 0 Å². The predicted molar refractivity (Wildman–Crippen MR) is 125 cm³/mol. The fraction of sp³-hybridized carbons (Fsp3) is 0. The van der Waals surface area contributed by atoms with Crippen LogP contribution in [0.4, 0.5) is 29.2 Å². The van der Waals surface area contributed by atoms with E-state index in [2.05, 4.69) is 52.0 Å². The minimum absolute atomic E-state index is 0.310. The van der Waals surface area contributed by atoms with Crippen LogP contribution in [0.15, 0.2) is 94.5 Å². The molecular weight excluding hydrogens is 442 g/mol. The number of aromatic nitrogens is 3. The Kier molecular flexibility index (Phi) is 6.26. The topological polar surface area (TPSA) is 87.1 Å². The van der Waals surface area contributed by atoms with Crippen LogP contribution in [0.2, 0.25) is 0 Å². The third kappa shape index (κ3) is 5.39. The van der Waals surface area contributed by atoms with Crippen molar-refractivity contribution in [3.05, 3.63) is 95.0 Å². The van der Waals surface area contributed by atoms with Crippen molar-refractivity contribution in [3.8, 4) is 0 Å². The summed E-state index contributed by atoms with van der Waals surface area (Å²) in [5, 5.41) is 10.6. The standard InChI is InChI=1S/C22H18BrN7/c23-19-14-8-7-9-16(19)15-24-30-22-28-20(25-17-10-3-1-4-11-17)27-21(29-22)26-18-12-5-2-6-13-18/h1-15H,(H3,25,26,27,28,29,30). The van der Waals surface area contributed by atoms with Crippen LogP contribution in [0.3, 0.4) is 0 Å². The van der Waals surface area contributed by atoms with Crippen molar-refractivity contribution in [1.29, 1.82) is 0 Å². The van der Waals surface area contributed by atoms with Gasteiger partial charge in [-0.25, -0.2) is 5.43 Å². The molecule has 7 nitrogen and oxygen atoms in total. The van der Waals surface area contributed by atoms with E-state index in [9.17, 15) is 0 Å². The molecule has 148 valence electrons. The van der Waals surface area contributed by atoms with Gasteiger partial charge in [0.15, 0.2) is 0 Å². The van der Waals surface area contributed by atoms with E-state index in [1.54, 1.807) is 6.21 Å². The quantitative estimate of drug-likeness (QED) is 0.247. The zero-order chi connectivity index (χ0) is 20.6. The van der Waals surface area contributed by atoms with Crippen molar-refractivity contribution in [2.45, 2.75) is 0 Å². The van der Waals surface area contributed by atoms with E-state index in [1.165, 1.54) is 0 Å². The molecule has 0 radical (unpaired) electrons. The summed E-state index contributed by atoms with van der Waals surface area (Å²) in [4.78, 5) is 13.3. The molecule has 0 saturated heterocycles. The molecule has 1 heterocycles. The van der Waals surface area contributed by atoms with Crippen molar-refractivity contribution in [2.75, 3.05) is 16.1 Å². The average Bonchev–Trinajstić information content (AvgIpc) is 2.76. The molecular formula is C22H18BrN7. The molecule has 3 aromatic carbocycles. The second-order valence-electron chi connectivity index (χ2n) is 6.18. The van der Waals surface area contributed by atoms with Gasteiger partial charge in [-0.3, -0.25) is 0 Å². The van der Waals surface area contributed by atoms with Crippen molar-refractivity contribution < 1.29 is 0 Å². The Bertz CT molecular complexity index is 1070. The molecule has 0 unspecified atom stereocenters. The molecule has 0 aliphatic rings. The number of nitrogens with zero attached hydrogens (tertiary/aromatic N) is 4. The van der Waals surface area contributed by atoms with Gasteiger partial charge >= 0.3 is 0 Å². The Morgan fingerprint density at radius 1 is 0.633 bits per heavy atom. The van der Waals surface area contributed by atoms with Gasteiger partial charge in [0.1, 0.15) is 0 Å². The van der Waals surface area contributed by atoms with Gasteiger partial charge in [0.05, 0.1) is 6.21 Å². The Labute approximate surface area is 182 Å². The summed E-state index contributed by atoms with van der Waals surface area (Å²) < 4.78 is 0.948. The lowest BCUT2D eigenvalue weighted by Gasteiger charge is -2.10. The smallest absolute Gasteiger partial charge is 0.250 e. The highest BCUT2D eigenvalue weighted by Gasteiger charge is 2.07. The number of rotatable bonds is 7. The van der Waals surface area contributed by atoms with Crippen LogP contribution in [0.5, 0.6) is 0 Å². The Morgan fingerprint density at radius 2 is 1.13 bits per heavy atom. The molecule has 0 fully saturated rings. The maximum Gasteiger partial charge on any atom is 0.250 e. The second-order valence-corrected chi connectivity index (χ2v) is 7.03. The van der Waals surface area contributed by atoms with Crippen molar-refractivity contribution in [2.24, 2.45) is 5.10 Å². The first-order valence-corrected chi connectivity index (χ1v) is 9.99. The summed E-state index contributed by atoms with van der Waals surface area (Å²) in [7, 11) is 0. The molecule has 4 rings (SSSR count). The number of anilines is 5. The monoisotopic (exact) mass is 459 g/mol. The van der Waals surface area contributed by atoms with E-state index in [-0.39, 0.29) is 0 Å². The molecule has 4 aromatic rings. The third-order valence-electron chi connectivity index (χ3n) is 3.97. The number of hydrazone groups is 1. The van der Waals surface area contributed by atoms with E-state index in [0.717, 1.165) is 21.4 Å². The highest BCUT2D eigenvalue weighted by molar-refractivity contribution is 9.10.